The summed E-state index contributed by atoms with van der Waals surface area (Å²) in [5.74, 6) is 0.544. The van der Waals surface area contributed by atoms with Crippen molar-refractivity contribution in [3.63, 3.8) is 0 Å². The highest BCUT2D eigenvalue weighted by Crippen LogP contribution is 2.27. The van der Waals surface area contributed by atoms with Crippen LogP contribution in [0.25, 0.3) is 5.82 Å². The van der Waals surface area contributed by atoms with Crippen LogP contribution in [0.2, 0.25) is 0 Å². The largest absolute Gasteiger partial charge is 0.347 e. The number of aryl methyl sites for hydroxylation is 1. The number of imidazole rings is 1. The van der Waals surface area contributed by atoms with Gasteiger partial charge in [-0.1, -0.05) is 37.3 Å². The molecule has 0 bridgehead atoms. The molecule has 1 aromatic carbocycles. The van der Waals surface area contributed by atoms with Crippen molar-refractivity contribution < 1.29 is 4.92 Å². The van der Waals surface area contributed by atoms with Gasteiger partial charge in [-0.15, -0.1) is 0 Å². The molecule has 128 valence electrons. The second-order valence-electron chi connectivity index (χ2n) is 5.55. The van der Waals surface area contributed by atoms with Gasteiger partial charge in [0.2, 0.25) is 11.8 Å². The average Bonchev–Trinajstić information content (AvgIpc) is 3.14. The number of anilines is 1. The molecule has 0 saturated carbocycles. The van der Waals surface area contributed by atoms with E-state index >= 15 is 0 Å². The van der Waals surface area contributed by atoms with Crippen molar-refractivity contribution in [2.45, 2.75) is 26.3 Å². The van der Waals surface area contributed by atoms with Crippen LogP contribution in [0.4, 0.5) is 11.6 Å². The number of hydrogen-bond donors (Lipinski definition) is 1. The fourth-order valence-electron chi connectivity index (χ4n) is 2.66. The minimum absolute atomic E-state index is 0.0118. The first-order valence-corrected chi connectivity index (χ1v) is 7.93. The summed E-state index contributed by atoms with van der Waals surface area (Å²) in [6.45, 7) is 3.66. The lowest BCUT2D eigenvalue weighted by molar-refractivity contribution is -0.385. The number of nitro groups is 1. The van der Waals surface area contributed by atoms with Gasteiger partial charge in [-0.25, -0.2) is 9.97 Å². The fourth-order valence-corrected chi connectivity index (χ4v) is 2.66. The molecule has 0 amide bonds. The average molecular weight is 338 g/mol. The van der Waals surface area contributed by atoms with E-state index in [1.807, 2.05) is 30.3 Å². The molecule has 1 atom stereocenters. The first kappa shape index (κ1) is 16.6. The third-order valence-corrected chi connectivity index (χ3v) is 3.88. The normalized spacial score (nSPS) is 11.9. The van der Waals surface area contributed by atoms with Crippen molar-refractivity contribution in [1.29, 1.82) is 0 Å². The Morgan fingerprint density at radius 1 is 1.28 bits per heavy atom. The lowest BCUT2D eigenvalue weighted by Gasteiger charge is -2.18. The number of benzene rings is 1. The Morgan fingerprint density at radius 2 is 2.04 bits per heavy atom. The minimum Gasteiger partial charge on any atom is -0.347 e. The van der Waals surface area contributed by atoms with Crippen molar-refractivity contribution in [1.82, 2.24) is 19.5 Å². The molecule has 3 aromatic rings. The van der Waals surface area contributed by atoms with Crippen LogP contribution < -0.4 is 5.32 Å². The first-order chi connectivity index (χ1) is 12.1. The standard InChI is InChI=1S/C17H18N6O2/c1-3-14(13-7-5-4-6-8-13)20-17-19-12(2)15(23(24)25)16(21-17)22-10-9-18-11-22/h4-11,14H,3H2,1-2H3,(H,19,20,21). The summed E-state index contributed by atoms with van der Waals surface area (Å²) in [6, 6.07) is 9.96. The summed E-state index contributed by atoms with van der Waals surface area (Å²) < 4.78 is 1.52. The van der Waals surface area contributed by atoms with Gasteiger partial charge in [0, 0.05) is 12.4 Å². The third kappa shape index (κ3) is 3.47. The van der Waals surface area contributed by atoms with E-state index in [9.17, 15) is 10.1 Å². The van der Waals surface area contributed by atoms with Gasteiger partial charge in [-0.2, -0.15) is 4.98 Å². The van der Waals surface area contributed by atoms with Crippen LogP contribution in [0.3, 0.4) is 0 Å². The van der Waals surface area contributed by atoms with Crippen LogP contribution in [0.1, 0.15) is 30.6 Å². The van der Waals surface area contributed by atoms with E-state index in [0.717, 1.165) is 12.0 Å². The molecule has 2 aromatic heterocycles. The molecule has 2 heterocycles. The van der Waals surface area contributed by atoms with Crippen molar-refractivity contribution in [2.75, 3.05) is 5.32 Å². The van der Waals surface area contributed by atoms with E-state index in [1.54, 1.807) is 19.3 Å². The molecule has 1 N–H and O–H groups in total. The second kappa shape index (κ2) is 7.08. The van der Waals surface area contributed by atoms with Crippen molar-refractivity contribution in [2.24, 2.45) is 0 Å². The molecule has 0 radical (unpaired) electrons. The monoisotopic (exact) mass is 338 g/mol. The van der Waals surface area contributed by atoms with Crippen molar-refractivity contribution in [3.8, 4) is 5.82 Å². The van der Waals surface area contributed by atoms with E-state index in [-0.39, 0.29) is 17.5 Å². The molecule has 8 heteroatoms. The van der Waals surface area contributed by atoms with Gasteiger partial charge in [0.25, 0.3) is 0 Å². The lowest BCUT2D eigenvalue weighted by Crippen LogP contribution is -2.15. The molecule has 0 fully saturated rings. The van der Waals surface area contributed by atoms with Gasteiger partial charge in [0.15, 0.2) is 0 Å². The number of rotatable bonds is 6. The van der Waals surface area contributed by atoms with Crippen LogP contribution >= 0.6 is 0 Å². The van der Waals surface area contributed by atoms with Crippen LogP contribution in [0.15, 0.2) is 49.1 Å². The molecule has 0 aliphatic rings. The Bertz CT molecular complexity index is 864. The van der Waals surface area contributed by atoms with Crippen LogP contribution in [0.5, 0.6) is 0 Å². The van der Waals surface area contributed by atoms with E-state index < -0.39 is 4.92 Å². The molecule has 0 spiro atoms. The van der Waals surface area contributed by atoms with E-state index in [1.165, 1.54) is 10.9 Å². The quantitative estimate of drug-likeness (QED) is 0.546. The highest BCUT2D eigenvalue weighted by atomic mass is 16.6. The number of aromatic nitrogens is 4. The first-order valence-electron chi connectivity index (χ1n) is 7.93. The van der Waals surface area contributed by atoms with E-state index in [2.05, 4.69) is 27.2 Å². The van der Waals surface area contributed by atoms with Gasteiger partial charge >= 0.3 is 5.69 Å². The van der Waals surface area contributed by atoms with Gasteiger partial charge in [-0.05, 0) is 18.9 Å². The molecule has 1 unspecified atom stereocenters. The SMILES string of the molecule is CCC(Nc1nc(C)c([N+](=O)[O-])c(-n2ccnc2)n1)c1ccccc1. The number of hydrogen-bond acceptors (Lipinski definition) is 6. The Labute approximate surface area is 144 Å². The third-order valence-electron chi connectivity index (χ3n) is 3.88. The highest BCUT2D eigenvalue weighted by molar-refractivity contribution is 5.53. The second-order valence-corrected chi connectivity index (χ2v) is 5.55. The van der Waals surface area contributed by atoms with Gasteiger partial charge < -0.3 is 5.32 Å². The molecular formula is C17H18N6O2. The highest BCUT2D eigenvalue weighted by Gasteiger charge is 2.24. The number of nitrogens with one attached hydrogen (secondary N) is 1. The molecule has 0 aliphatic heterocycles. The van der Waals surface area contributed by atoms with Crippen molar-refractivity contribution in [3.05, 3.63) is 70.4 Å². The summed E-state index contributed by atoms with van der Waals surface area (Å²) in [4.78, 5) is 23.5. The summed E-state index contributed by atoms with van der Waals surface area (Å²) in [5.41, 5.74) is 1.28. The van der Waals surface area contributed by atoms with Gasteiger partial charge in [0.1, 0.15) is 12.0 Å². The Kier molecular flexibility index (Phi) is 4.69. The molecule has 0 aliphatic carbocycles. The van der Waals surface area contributed by atoms with E-state index in [4.69, 9.17) is 0 Å². The maximum atomic E-state index is 11.4. The topological polar surface area (TPSA) is 98.8 Å². The maximum absolute atomic E-state index is 11.4. The minimum atomic E-state index is -0.469. The van der Waals surface area contributed by atoms with Crippen LogP contribution in [0, 0.1) is 17.0 Å². The maximum Gasteiger partial charge on any atom is 0.333 e. The molecule has 3 rings (SSSR count). The predicted octanol–water partition coefficient (Wildman–Crippen LogP) is 3.44. The lowest BCUT2D eigenvalue weighted by atomic mass is 10.1. The molecule has 0 saturated heterocycles. The molecule has 25 heavy (non-hydrogen) atoms. The Hall–Kier alpha value is -3.29. The Balaban J connectivity index is 2.01. The van der Waals surface area contributed by atoms with Crippen LogP contribution in [-0.4, -0.2) is 24.4 Å². The molecular weight excluding hydrogens is 320 g/mol. The summed E-state index contributed by atoms with van der Waals surface area (Å²) in [7, 11) is 0. The van der Waals surface area contributed by atoms with E-state index in [0.29, 0.717) is 11.6 Å². The molecule has 8 nitrogen and oxygen atoms in total. The van der Waals surface area contributed by atoms with Crippen molar-refractivity contribution >= 4 is 11.6 Å². The van der Waals surface area contributed by atoms with Crippen LogP contribution in [-0.2, 0) is 0 Å². The van der Waals surface area contributed by atoms with Gasteiger partial charge in [-0.3, -0.25) is 14.7 Å². The zero-order valence-corrected chi connectivity index (χ0v) is 14.0. The Morgan fingerprint density at radius 3 is 2.64 bits per heavy atom. The number of nitrogens with zero attached hydrogens (tertiary/aromatic N) is 5. The predicted molar refractivity (Wildman–Crippen MR) is 93.6 cm³/mol. The summed E-state index contributed by atoms with van der Waals surface area (Å²) in [6.07, 6.45) is 5.47. The summed E-state index contributed by atoms with van der Waals surface area (Å²) >= 11 is 0. The zero-order chi connectivity index (χ0) is 17.8. The smallest absolute Gasteiger partial charge is 0.333 e. The zero-order valence-electron chi connectivity index (χ0n) is 14.0. The summed E-state index contributed by atoms with van der Waals surface area (Å²) in [5, 5.41) is 14.7. The fraction of sp³-hybridized carbons (Fsp3) is 0.235. The van der Waals surface area contributed by atoms with Gasteiger partial charge in [0.05, 0.1) is 11.0 Å².